The van der Waals surface area contributed by atoms with Gasteiger partial charge in [-0.1, -0.05) is 19.3 Å². The molecule has 1 aliphatic heterocycles. The van der Waals surface area contributed by atoms with E-state index in [1.807, 2.05) is 20.8 Å². The number of hydrogen-bond acceptors (Lipinski definition) is 3. The first-order valence-electron chi connectivity index (χ1n) is 7.66. The van der Waals surface area contributed by atoms with Gasteiger partial charge < -0.3 is 15.4 Å². The fraction of sp³-hybridized carbons (Fsp3) is 0.933. The van der Waals surface area contributed by atoms with Crippen molar-refractivity contribution in [3.63, 3.8) is 0 Å². The van der Waals surface area contributed by atoms with E-state index in [1.165, 1.54) is 32.1 Å². The summed E-state index contributed by atoms with van der Waals surface area (Å²) in [7, 11) is 0. The molecule has 0 aromatic rings. The van der Waals surface area contributed by atoms with Crippen molar-refractivity contribution < 1.29 is 9.53 Å². The predicted molar refractivity (Wildman–Crippen MR) is 76.1 cm³/mol. The Morgan fingerprint density at radius 2 is 1.68 bits per heavy atom. The predicted octanol–water partition coefficient (Wildman–Crippen LogP) is 2.68. The minimum Gasteiger partial charge on any atom is -0.444 e. The SMILES string of the molecule is CC(C)(C)OC(=O)NC1C2CCCCCC1CNC2. The van der Waals surface area contributed by atoms with Gasteiger partial charge in [0, 0.05) is 6.04 Å². The Hall–Kier alpha value is -0.770. The van der Waals surface area contributed by atoms with Gasteiger partial charge in [-0.15, -0.1) is 0 Å². The number of piperidine rings is 1. The van der Waals surface area contributed by atoms with Gasteiger partial charge in [-0.25, -0.2) is 4.79 Å². The van der Waals surface area contributed by atoms with E-state index in [0.717, 1.165) is 13.1 Å². The topological polar surface area (TPSA) is 50.4 Å². The molecule has 19 heavy (non-hydrogen) atoms. The van der Waals surface area contributed by atoms with Crippen molar-refractivity contribution in [1.82, 2.24) is 10.6 Å². The summed E-state index contributed by atoms with van der Waals surface area (Å²) in [5.41, 5.74) is -0.418. The van der Waals surface area contributed by atoms with Crippen LogP contribution in [0.4, 0.5) is 4.79 Å². The molecule has 1 saturated carbocycles. The third-order valence-electron chi connectivity index (χ3n) is 4.16. The van der Waals surface area contributed by atoms with Gasteiger partial charge in [0.1, 0.15) is 5.60 Å². The van der Waals surface area contributed by atoms with E-state index in [9.17, 15) is 4.79 Å². The van der Waals surface area contributed by atoms with Gasteiger partial charge in [0.15, 0.2) is 0 Å². The largest absolute Gasteiger partial charge is 0.444 e. The molecule has 4 heteroatoms. The fourth-order valence-electron chi connectivity index (χ4n) is 3.33. The zero-order valence-corrected chi connectivity index (χ0v) is 12.5. The monoisotopic (exact) mass is 268 g/mol. The Kier molecular flexibility index (Phi) is 4.71. The van der Waals surface area contributed by atoms with Gasteiger partial charge in [-0.2, -0.15) is 0 Å². The Balaban J connectivity index is 1.97. The summed E-state index contributed by atoms with van der Waals surface area (Å²) in [6, 6.07) is 0.288. The molecule has 2 aliphatic rings. The van der Waals surface area contributed by atoms with Crippen LogP contribution in [0.15, 0.2) is 0 Å². The summed E-state index contributed by atoms with van der Waals surface area (Å²) in [6.45, 7) is 7.78. The van der Waals surface area contributed by atoms with Crippen molar-refractivity contribution in [1.29, 1.82) is 0 Å². The molecular formula is C15H28N2O2. The molecule has 1 heterocycles. The highest BCUT2D eigenvalue weighted by molar-refractivity contribution is 5.68. The van der Waals surface area contributed by atoms with E-state index >= 15 is 0 Å². The van der Waals surface area contributed by atoms with Crippen LogP contribution in [0.25, 0.3) is 0 Å². The Morgan fingerprint density at radius 3 is 2.21 bits per heavy atom. The highest BCUT2D eigenvalue weighted by Crippen LogP contribution is 2.29. The summed E-state index contributed by atoms with van der Waals surface area (Å²) in [5, 5.41) is 6.66. The molecule has 1 amide bonds. The first-order chi connectivity index (χ1) is 8.96. The minimum atomic E-state index is -0.418. The molecule has 0 aromatic carbocycles. The van der Waals surface area contributed by atoms with E-state index in [0.29, 0.717) is 11.8 Å². The summed E-state index contributed by atoms with van der Waals surface area (Å²) in [5.74, 6) is 1.12. The van der Waals surface area contributed by atoms with Gasteiger partial charge in [0.2, 0.25) is 0 Å². The number of nitrogens with one attached hydrogen (secondary N) is 2. The first-order valence-corrected chi connectivity index (χ1v) is 7.66. The zero-order chi connectivity index (χ0) is 13.9. The van der Waals surface area contributed by atoms with E-state index in [2.05, 4.69) is 10.6 Å². The van der Waals surface area contributed by atoms with E-state index in [1.54, 1.807) is 0 Å². The molecule has 1 saturated heterocycles. The Morgan fingerprint density at radius 1 is 1.11 bits per heavy atom. The number of hydrogen-bond donors (Lipinski definition) is 2. The lowest BCUT2D eigenvalue weighted by atomic mass is 9.77. The van der Waals surface area contributed by atoms with Crippen molar-refractivity contribution in [2.24, 2.45) is 11.8 Å². The molecular weight excluding hydrogens is 240 g/mol. The normalized spacial score (nSPS) is 32.1. The quantitative estimate of drug-likeness (QED) is 0.768. The molecule has 0 aromatic heterocycles. The average Bonchev–Trinajstić information content (AvgIpc) is 2.29. The second-order valence-corrected chi connectivity index (χ2v) is 6.99. The van der Waals surface area contributed by atoms with Crippen molar-refractivity contribution >= 4 is 6.09 Å². The third kappa shape index (κ3) is 4.37. The molecule has 1 aliphatic carbocycles. The van der Waals surface area contributed by atoms with Crippen molar-refractivity contribution in [2.75, 3.05) is 13.1 Å². The maximum atomic E-state index is 12.0. The molecule has 110 valence electrons. The molecule has 2 unspecified atom stereocenters. The second-order valence-electron chi connectivity index (χ2n) is 6.99. The number of carbonyl (C=O) groups excluding carboxylic acids is 1. The Labute approximate surface area is 116 Å². The number of alkyl carbamates (subject to hydrolysis) is 1. The van der Waals surface area contributed by atoms with Gasteiger partial charge in [-0.05, 0) is 58.5 Å². The van der Waals surface area contributed by atoms with Crippen LogP contribution in [0.1, 0.15) is 52.9 Å². The van der Waals surface area contributed by atoms with Crippen LogP contribution in [-0.4, -0.2) is 30.8 Å². The lowest BCUT2D eigenvalue weighted by molar-refractivity contribution is 0.0422. The highest BCUT2D eigenvalue weighted by atomic mass is 16.6. The third-order valence-corrected chi connectivity index (χ3v) is 4.16. The summed E-state index contributed by atoms with van der Waals surface area (Å²) in [4.78, 5) is 12.0. The summed E-state index contributed by atoms with van der Waals surface area (Å²) in [6.07, 6.45) is 6.08. The van der Waals surface area contributed by atoms with Crippen LogP contribution < -0.4 is 10.6 Å². The minimum absolute atomic E-state index is 0.255. The maximum Gasteiger partial charge on any atom is 0.407 e. The van der Waals surface area contributed by atoms with Crippen LogP contribution in [0.3, 0.4) is 0 Å². The number of carbonyl (C=O) groups is 1. The van der Waals surface area contributed by atoms with Crippen LogP contribution in [-0.2, 0) is 4.74 Å². The molecule has 2 bridgehead atoms. The molecule has 0 radical (unpaired) electrons. The molecule has 2 fully saturated rings. The molecule has 2 rings (SSSR count). The lowest BCUT2D eigenvalue weighted by Gasteiger charge is -2.41. The smallest absolute Gasteiger partial charge is 0.407 e. The van der Waals surface area contributed by atoms with Gasteiger partial charge in [0.25, 0.3) is 0 Å². The fourth-order valence-corrected chi connectivity index (χ4v) is 3.33. The van der Waals surface area contributed by atoms with Crippen LogP contribution >= 0.6 is 0 Å². The molecule has 2 atom stereocenters. The van der Waals surface area contributed by atoms with Gasteiger partial charge >= 0.3 is 6.09 Å². The maximum absolute atomic E-state index is 12.0. The molecule has 2 N–H and O–H groups in total. The lowest BCUT2D eigenvalue weighted by Crippen LogP contribution is -2.56. The van der Waals surface area contributed by atoms with E-state index < -0.39 is 5.60 Å². The van der Waals surface area contributed by atoms with Crippen molar-refractivity contribution in [2.45, 2.75) is 64.5 Å². The summed E-state index contributed by atoms with van der Waals surface area (Å²) < 4.78 is 5.41. The standard InChI is InChI=1S/C15H28N2O2/c1-15(2,3)19-14(18)17-13-11-7-5-4-6-8-12(13)10-16-9-11/h11-13,16H,4-10H2,1-3H3,(H,17,18). The van der Waals surface area contributed by atoms with E-state index in [4.69, 9.17) is 4.74 Å². The Bertz CT molecular complexity index is 298. The summed E-state index contributed by atoms with van der Waals surface area (Å²) >= 11 is 0. The van der Waals surface area contributed by atoms with Crippen molar-refractivity contribution in [3.05, 3.63) is 0 Å². The number of rotatable bonds is 1. The van der Waals surface area contributed by atoms with Crippen molar-refractivity contribution in [3.8, 4) is 0 Å². The number of ether oxygens (including phenoxy) is 1. The molecule has 4 nitrogen and oxygen atoms in total. The van der Waals surface area contributed by atoms with E-state index in [-0.39, 0.29) is 12.1 Å². The number of amides is 1. The van der Waals surface area contributed by atoms with Gasteiger partial charge in [0.05, 0.1) is 0 Å². The van der Waals surface area contributed by atoms with Crippen LogP contribution in [0.2, 0.25) is 0 Å². The van der Waals surface area contributed by atoms with Crippen LogP contribution in [0, 0.1) is 11.8 Å². The zero-order valence-electron chi connectivity index (χ0n) is 12.5. The molecule has 0 spiro atoms. The second kappa shape index (κ2) is 6.12. The number of fused-ring (bicyclic) bond motifs is 2. The first kappa shape index (κ1) is 14.6. The van der Waals surface area contributed by atoms with Crippen LogP contribution in [0.5, 0.6) is 0 Å². The average molecular weight is 268 g/mol. The van der Waals surface area contributed by atoms with Gasteiger partial charge in [-0.3, -0.25) is 0 Å². The highest BCUT2D eigenvalue weighted by Gasteiger charge is 2.35.